The predicted octanol–water partition coefficient (Wildman–Crippen LogP) is 2.69. The van der Waals surface area contributed by atoms with Gasteiger partial charge in [-0.05, 0) is 25.1 Å². The smallest absolute Gasteiger partial charge is 0.315 e. The maximum absolute atomic E-state index is 11.6. The Morgan fingerprint density at radius 1 is 1.56 bits per heavy atom. The average molecular weight is 285 g/mol. The van der Waals surface area contributed by atoms with Crippen LogP contribution in [0.2, 0.25) is 4.34 Å². The summed E-state index contributed by atoms with van der Waals surface area (Å²) in [6.07, 6.45) is 1.64. The van der Waals surface area contributed by atoms with Crippen LogP contribution in [0.4, 0.5) is 4.79 Å². The molecular formula is C11H13ClN4OS. The molecule has 0 fully saturated rings. The fraction of sp³-hybridized carbons (Fsp3) is 0.273. The maximum atomic E-state index is 11.6. The predicted molar refractivity (Wildman–Crippen MR) is 71.7 cm³/mol. The summed E-state index contributed by atoms with van der Waals surface area (Å²) in [5.41, 5.74) is 0.858. The van der Waals surface area contributed by atoms with Gasteiger partial charge in [0, 0.05) is 11.1 Å². The molecule has 2 rings (SSSR count). The molecule has 0 radical (unpaired) electrons. The first-order valence-corrected chi connectivity index (χ1v) is 6.62. The number of aromatic amines is 1. The zero-order valence-corrected chi connectivity index (χ0v) is 11.3. The number of aromatic nitrogens is 2. The summed E-state index contributed by atoms with van der Waals surface area (Å²) in [5, 5.41) is 12.2. The van der Waals surface area contributed by atoms with E-state index in [9.17, 15) is 4.79 Å². The van der Waals surface area contributed by atoms with Crippen molar-refractivity contribution >= 4 is 29.0 Å². The van der Waals surface area contributed by atoms with Crippen LogP contribution in [-0.4, -0.2) is 16.2 Å². The lowest BCUT2D eigenvalue weighted by atomic mass is 10.3. The number of rotatable bonds is 4. The molecule has 0 saturated heterocycles. The fourth-order valence-corrected chi connectivity index (χ4v) is 2.50. The Morgan fingerprint density at radius 2 is 2.39 bits per heavy atom. The van der Waals surface area contributed by atoms with E-state index in [0.717, 1.165) is 14.9 Å². The van der Waals surface area contributed by atoms with Gasteiger partial charge in [0.05, 0.1) is 22.6 Å². The molecule has 0 unspecified atom stereocenters. The minimum Gasteiger partial charge on any atom is -0.333 e. The van der Waals surface area contributed by atoms with Gasteiger partial charge >= 0.3 is 6.03 Å². The van der Waals surface area contributed by atoms with E-state index in [-0.39, 0.29) is 12.1 Å². The summed E-state index contributed by atoms with van der Waals surface area (Å²) >= 11 is 7.31. The number of carbonyl (C=O) groups excluding carboxylic acids is 1. The molecule has 2 heterocycles. The number of hydrogen-bond acceptors (Lipinski definition) is 3. The normalized spacial score (nSPS) is 12.1. The number of urea groups is 1. The maximum Gasteiger partial charge on any atom is 0.315 e. The van der Waals surface area contributed by atoms with Gasteiger partial charge in [0.2, 0.25) is 0 Å². The number of nitrogens with one attached hydrogen (secondary N) is 3. The minimum absolute atomic E-state index is 0.0655. The Morgan fingerprint density at radius 3 is 3.00 bits per heavy atom. The van der Waals surface area contributed by atoms with Crippen molar-refractivity contribution in [3.8, 4) is 0 Å². The minimum atomic E-state index is -0.221. The van der Waals surface area contributed by atoms with E-state index in [1.54, 1.807) is 6.20 Å². The van der Waals surface area contributed by atoms with Crippen LogP contribution in [0, 0.1) is 0 Å². The molecule has 0 spiro atoms. The third kappa shape index (κ3) is 3.48. The van der Waals surface area contributed by atoms with Crippen molar-refractivity contribution in [3.63, 3.8) is 0 Å². The molecule has 5 nitrogen and oxygen atoms in total. The highest BCUT2D eigenvalue weighted by atomic mass is 35.5. The molecule has 0 saturated carbocycles. The first-order valence-electron chi connectivity index (χ1n) is 5.43. The first kappa shape index (κ1) is 12.9. The van der Waals surface area contributed by atoms with Crippen molar-refractivity contribution in [1.82, 2.24) is 20.8 Å². The molecule has 18 heavy (non-hydrogen) atoms. The molecular weight excluding hydrogens is 272 g/mol. The molecule has 96 valence electrons. The van der Waals surface area contributed by atoms with E-state index in [2.05, 4.69) is 20.8 Å². The van der Waals surface area contributed by atoms with Crippen molar-refractivity contribution in [2.75, 3.05) is 0 Å². The van der Waals surface area contributed by atoms with Crippen LogP contribution >= 0.6 is 22.9 Å². The van der Waals surface area contributed by atoms with Gasteiger partial charge in [-0.1, -0.05) is 11.6 Å². The van der Waals surface area contributed by atoms with Crippen LogP contribution in [0.3, 0.4) is 0 Å². The van der Waals surface area contributed by atoms with Crippen LogP contribution in [-0.2, 0) is 6.54 Å². The summed E-state index contributed by atoms with van der Waals surface area (Å²) in [7, 11) is 0. The lowest BCUT2D eigenvalue weighted by Crippen LogP contribution is -2.36. The molecule has 0 aliphatic heterocycles. The van der Waals surface area contributed by atoms with Gasteiger partial charge < -0.3 is 10.6 Å². The summed E-state index contributed by atoms with van der Waals surface area (Å²) in [6.45, 7) is 2.34. The SMILES string of the molecule is C[C@@H](NC(=O)NCc1ccn[nH]1)c1ccc(Cl)s1. The Balaban J connectivity index is 1.80. The van der Waals surface area contributed by atoms with Crippen LogP contribution in [0.25, 0.3) is 0 Å². The number of thiophene rings is 1. The number of carbonyl (C=O) groups is 1. The molecule has 3 N–H and O–H groups in total. The van der Waals surface area contributed by atoms with Gasteiger partial charge in [0.1, 0.15) is 0 Å². The average Bonchev–Trinajstić information content (AvgIpc) is 2.97. The van der Waals surface area contributed by atoms with Gasteiger partial charge in [-0.2, -0.15) is 5.10 Å². The van der Waals surface area contributed by atoms with Gasteiger partial charge in [-0.3, -0.25) is 5.10 Å². The summed E-state index contributed by atoms with van der Waals surface area (Å²) in [4.78, 5) is 12.7. The summed E-state index contributed by atoms with van der Waals surface area (Å²) in [5.74, 6) is 0. The Hall–Kier alpha value is -1.53. The summed E-state index contributed by atoms with van der Waals surface area (Å²) < 4.78 is 0.719. The van der Waals surface area contributed by atoms with E-state index in [0.29, 0.717) is 6.54 Å². The molecule has 2 aromatic rings. The van der Waals surface area contributed by atoms with Crippen molar-refractivity contribution in [2.24, 2.45) is 0 Å². The van der Waals surface area contributed by atoms with E-state index in [4.69, 9.17) is 11.6 Å². The van der Waals surface area contributed by atoms with Crippen LogP contribution in [0.15, 0.2) is 24.4 Å². The molecule has 0 bridgehead atoms. The second kappa shape index (κ2) is 5.88. The van der Waals surface area contributed by atoms with E-state index < -0.39 is 0 Å². The molecule has 0 aromatic carbocycles. The fourth-order valence-electron chi connectivity index (χ4n) is 1.44. The number of nitrogens with zero attached hydrogens (tertiary/aromatic N) is 1. The van der Waals surface area contributed by atoms with Crippen LogP contribution in [0.1, 0.15) is 23.5 Å². The topological polar surface area (TPSA) is 69.8 Å². The van der Waals surface area contributed by atoms with Gasteiger partial charge in [-0.25, -0.2) is 4.79 Å². The van der Waals surface area contributed by atoms with Crippen molar-refractivity contribution in [1.29, 1.82) is 0 Å². The zero-order valence-electron chi connectivity index (χ0n) is 9.74. The quantitative estimate of drug-likeness (QED) is 0.808. The third-order valence-corrected chi connectivity index (χ3v) is 3.78. The first-order chi connectivity index (χ1) is 8.65. The van der Waals surface area contributed by atoms with Gasteiger partial charge in [-0.15, -0.1) is 11.3 Å². The Bertz CT molecular complexity index is 511. The molecule has 7 heteroatoms. The largest absolute Gasteiger partial charge is 0.333 e. The number of hydrogen-bond donors (Lipinski definition) is 3. The second-order valence-electron chi connectivity index (χ2n) is 3.77. The third-order valence-electron chi connectivity index (χ3n) is 2.37. The molecule has 0 aliphatic carbocycles. The highest BCUT2D eigenvalue weighted by Gasteiger charge is 2.11. The number of H-pyrrole nitrogens is 1. The van der Waals surface area contributed by atoms with Gasteiger partial charge in [0.25, 0.3) is 0 Å². The summed E-state index contributed by atoms with van der Waals surface area (Å²) in [6, 6.07) is 5.25. The highest BCUT2D eigenvalue weighted by Crippen LogP contribution is 2.26. The number of halogens is 1. The van der Waals surface area contributed by atoms with Crippen LogP contribution in [0.5, 0.6) is 0 Å². The van der Waals surface area contributed by atoms with E-state index in [1.807, 2.05) is 25.1 Å². The lowest BCUT2D eigenvalue weighted by Gasteiger charge is -2.12. The van der Waals surface area contributed by atoms with E-state index in [1.165, 1.54) is 11.3 Å². The van der Waals surface area contributed by atoms with Crippen molar-refractivity contribution in [2.45, 2.75) is 19.5 Å². The van der Waals surface area contributed by atoms with Gasteiger partial charge in [0.15, 0.2) is 0 Å². The van der Waals surface area contributed by atoms with Crippen LogP contribution < -0.4 is 10.6 Å². The van der Waals surface area contributed by atoms with Crippen molar-refractivity contribution in [3.05, 3.63) is 39.3 Å². The lowest BCUT2D eigenvalue weighted by molar-refractivity contribution is 0.237. The molecule has 2 aromatic heterocycles. The monoisotopic (exact) mass is 284 g/mol. The number of amides is 2. The zero-order chi connectivity index (χ0) is 13.0. The highest BCUT2D eigenvalue weighted by molar-refractivity contribution is 7.16. The second-order valence-corrected chi connectivity index (χ2v) is 5.52. The van der Waals surface area contributed by atoms with E-state index >= 15 is 0 Å². The standard InChI is InChI=1S/C11H13ClN4OS/c1-7(9-2-3-10(12)18-9)15-11(17)13-6-8-4-5-14-16-8/h2-5,7H,6H2,1H3,(H,14,16)(H2,13,15,17)/t7-/m1/s1. The Labute approximate surface area is 114 Å². The molecule has 2 amide bonds. The molecule has 0 aliphatic rings. The Kier molecular flexibility index (Phi) is 4.22. The van der Waals surface area contributed by atoms with Crippen molar-refractivity contribution < 1.29 is 4.79 Å². The molecule has 1 atom stereocenters.